The van der Waals surface area contributed by atoms with Crippen LogP contribution in [-0.2, 0) is 11.2 Å². The summed E-state index contributed by atoms with van der Waals surface area (Å²) in [7, 11) is 0. The third-order valence-electron chi connectivity index (χ3n) is 5.96. The number of nitrogens with zero attached hydrogens (tertiary/aromatic N) is 2. The highest BCUT2D eigenvalue weighted by atomic mass is 16.5. The Morgan fingerprint density at radius 3 is 2.61 bits per heavy atom. The molecule has 2 heterocycles. The maximum absolute atomic E-state index is 13.0. The summed E-state index contributed by atoms with van der Waals surface area (Å²) in [5, 5.41) is 3.05. The first-order valence-corrected chi connectivity index (χ1v) is 10.9. The van der Waals surface area contributed by atoms with E-state index in [4.69, 9.17) is 4.74 Å². The van der Waals surface area contributed by atoms with Crippen LogP contribution >= 0.6 is 0 Å². The molecule has 0 bridgehead atoms. The molecule has 5 rings (SSSR count). The number of aromatic nitrogens is 2. The molecule has 6 nitrogen and oxygen atoms in total. The van der Waals surface area contributed by atoms with Crippen molar-refractivity contribution in [2.24, 2.45) is 0 Å². The van der Waals surface area contributed by atoms with Gasteiger partial charge >= 0.3 is 5.97 Å². The maximum Gasteiger partial charge on any atom is 0.339 e. The molecule has 0 radical (unpaired) electrons. The van der Waals surface area contributed by atoms with E-state index in [0.717, 1.165) is 22.4 Å². The number of cyclic esters (lactones) is 1. The van der Waals surface area contributed by atoms with Crippen molar-refractivity contribution in [1.29, 1.82) is 0 Å². The minimum absolute atomic E-state index is 0.174. The Hall–Kier alpha value is -4.19. The minimum Gasteiger partial charge on any atom is -0.454 e. The van der Waals surface area contributed by atoms with E-state index in [-0.39, 0.29) is 24.0 Å². The van der Waals surface area contributed by atoms with Crippen LogP contribution in [0.25, 0.3) is 5.69 Å². The number of carbonyl (C=O) groups excluding carboxylic acids is 2. The molecule has 0 spiro atoms. The number of esters is 1. The molecule has 0 unspecified atom stereocenters. The predicted molar refractivity (Wildman–Crippen MR) is 124 cm³/mol. The average Bonchev–Trinajstić information content (AvgIpc) is 3.39. The predicted octanol–water partition coefficient (Wildman–Crippen LogP) is 4.82. The Balaban J connectivity index is 1.31. The smallest absolute Gasteiger partial charge is 0.339 e. The lowest BCUT2D eigenvalue weighted by Gasteiger charge is -2.25. The van der Waals surface area contributed by atoms with Crippen LogP contribution in [0.5, 0.6) is 0 Å². The monoisotopic (exact) mass is 437 g/mol. The minimum atomic E-state index is -0.358. The van der Waals surface area contributed by atoms with Crippen LogP contribution in [0.1, 0.15) is 56.5 Å². The maximum atomic E-state index is 13.0. The van der Waals surface area contributed by atoms with Crippen LogP contribution in [0.15, 0.2) is 91.5 Å². The Bertz CT molecular complexity index is 1280. The third-order valence-corrected chi connectivity index (χ3v) is 5.96. The second kappa shape index (κ2) is 8.74. The van der Waals surface area contributed by atoms with E-state index in [9.17, 15) is 9.59 Å². The molecular weight excluding hydrogens is 414 g/mol. The summed E-state index contributed by atoms with van der Waals surface area (Å²) in [5.41, 5.74) is 4.81. The van der Waals surface area contributed by atoms with Crippen molar-refractivity contribution in [1.82, 2.24) is 14.9 Å². The van der Waals surface area contributed by atoms with Gasteiger partial charge in [0, 0.05) is 30.1 Å². The fourth-order valence-corrected chi connectivity index (χ4v) is 4.10. The second-order valence-electron chi connectivity index (χ2n) is 8.14. The Kier molecular flexibility index (Phi) is 5.48. The average molecular weight is 437 g/mol. The summed E-state index contributed by atoms with van der Waals surface area (Å²) in [5.74, 6) is -0.539. The molecule has 1 N–H and O–H groups in total. The van der Waals surface area contributed by atoms with Crippen LogP contribution in [0, 0.1) is 0 Å². The molecule has 1 aromatic heterocycles. The van der Waals surface area contributed by atoms with Crippen LogP contribution in [0.4, 0.5) is 0 Å². The first-order chi connectivity index (χ1) is 16.1. The number of imidazole rings is 1. The van der Waals surface area contributed by atoms with Gasteiger partial charge in [0.1, 0.15) is 6.10 Å². The first kappa shape index (κ1) is 20.7. The Labute approximate surface area is 191 Å². The van der Waals surface area contributed by atoms with E-state index in [1.807, 2.05) is 72.3 Å². The quantitative estimate of drug-likeness (QED) is 0.455. The summed E-state index contributed by atoms with van der Waals surface area (Å²) >= 11 is 0. The Morgan fingerprint density at radius 1 is 1.09 bits per heavy atom. The van der Waals surface area contributed by atoms with E-state index in [1.54, 1.807) is 30.7 Å². The number of benzene rings is 3. The van der Waals surface area contributed by atoms with Crippen LogP contribution in [0.2, 0.25) is 0 Å². The zero-order chi connectivity index (χ0) is 22.8. The van der Waals surface area contributed by atoms with Crippen molar-refractivity contribution in [2.45, 2.75) is 25.5 Å². The number of carbonyl (C=O) groups is 2. The van der Waals surface area contributed by atoms with E-state index in [0.29, 0.717) is 17.5 Å². The lowest BCUT2D eigenvalue weighted by molar-refractivity contribution is 0.0252. The molecule has 0 aliphatic carbocycles. The van der Waals surface area contributed by atoms with E-state index in [1.165, 1.54) is 0 Å². The van der Waals surface area contributed by atoms with Gasteiger partial charge in [0.05, 0.1) is 17.9 Å². The number of hydrogen-bond donors (Lipinski definition) is 1. The molecule has 6 heteroatoms. The number of hydrogen-bond acceptors (Lipinski definition) is 4. The highest BCUT2D eigenvalue weighted by molar-refractivity contribution is 5.98. The van der Waals surface area contributed by atoms with Gasteiger partial charge in [-0.25, -0.2) is 9.78 Å². The fourth-order valence-electron chi connectivity index (χ4n) is 4.10. The lowest BCUT2D eigenvalue weighted by Crippen LogP contribution is -2.28. The third kappa shape index (κ3) is 4.28. The zero-order valence-corrected chi connectivity index (χ0v) is 18.1. The first-order valence-electron chi connectivity index (χ1n) is 10.9. The van der Waals surface area contributed by atoms with Crippen molar-refractivity contribution in [3.05, 3.63) is 119 Å². The summed E-state index contributed by atoms with van der Waals surface area (Å²) in [6.07, 6.45) is 5.55. The van der Waals surface area contributed by atoms with Crippen LogP contribution < -0.4 is 5.32 Å². The molecule has 0 saturated heterocycles. The van der Waals surface area contributed by atoms with Crippen molar-refractivity contribution >= 4 is 11.9 Å². The largest absolute Gasteiger partial charge is 0.454 e. The van der Waals surface area contributed by atoms with Gasteiger partial charge in [-0.1, -0.05) is 42.5 Å². The van der Waals surface area contributed by atoms with Gasteiger partial charge in [-0.2, -0.15) is 0 Å². The summed E-state index contributed by atoms with van der Waals surface area (Å²) in [4.78, 5) is 29.5. The van der Waals surface area contributed by atoms with Crippen LogP contribution in [-0.4, -0.2) is 21.4 Å². The highest BCUT2D eigenvalue weighted by Crippen LogP contribution is 2.31. The lowest BCUT2D eigenvalue weighted by atomic mass is 9.93. The van der Waals surface area contributed by atoms with E-state index >= 15 is 0 Å². The van der Waals surface area contributed by atoms with Gasteiger partial charge in [-0.3, -0.25) is 4.79 Å². The van der Waals surface area contributed by atoms with E-state index < -0.39 is 0 Å². The molecule has 0 saturated carbocycles. The van der Waals surface area contributed by atoms with Crippen molar-refractivity contribution in [3.63, 3.8) is 0 Å². The highest BCUT2D eigenvalue weighted by Gasteiger charge is 2.28. The molecule has 1 aliphatic heterocycles. The van der Waals surface area contributed by atoms with Gasteiger partial charge in [0.2, 0.25) is 0 Å². The van der Waals surface area contributed by atoms with Crippen molar-refractivity contribution < 1.29 is 14.3 Å². The zero-order valence-electron chi connectivity index (χ0n) is 18.1. The topological polar surface area (TPSA) is 73.2 Å². The van der Waals surface area contributed by atoms with Gasteiger partial charge in [0.15, 0.2) is 0 Å². The van der Waals surface area contributed by atoms with Crippen molar-refractivity contribution in [3.8, 4) is 5.69 Å². The Morgan fingerprint density at radius 2 is 1.88 bits per heavy atom. The molecule has 4 aromatic rings. The molecular formula is C27H23N3O3. The summed E-state index contributed by atoms with van der Waals surface area (Å²) in [6, 6.07) is 22.6. The summed E-state index contributed by atoms with van der Waals surface area (Å²) in [6.45, 7) is 1.95. The molecule has 2 atom stereocenters. The number of nitrogens with one attached hydrogen (secondary N) is 1. The van der Waals surface area contributed by atoms with Crippen molar-refractivity contribution in [2.75, 3.05) is 0 Å². The number of amides is 1. The molecule has 33 heavy (non-hydrogen) atoms. The number of rotatable bonds is 5. The van der Waals surface area contributed by atoms with E-state index in [2.05, 4.69) is 10.3 Å². The molecule has 164 valence electrons. The van der Waals surface area contributed by atoms with Crippen LogP contribution in [0.3, 0.4) is 0 Å². The summed E-state index contributed by atoms with van der Waals surface area (Å²) < 4.78 is 7.54. The normalized spacial score (nSPS) is 15.9. The van der Waals surface area contributed by atoms with Gasteiger partial charge in [-0.05, 0) is 53.9 Å². The molecule has 1 aliphatic rings. The SMILES string of the molecule is C[C@H](NC(=O)c1ccc2c(c1)C[C@H](c1ccccc1)OC2=O)c1ccc(-n2ccnc2)cc1. The number of ether oxygens (including phenoxy) is 1. The van der Waals surface area contributed by atoms with Gasteiger partial charge in [-0.15, -0.1) is 0 Å². The second-order valence-corrected chi connectivity index (χ2v) is 8.14. The molecule has 0 fully saturated rings. The molecule has 3 aromatic carbocycles. The fraction of sp³-hybridized carbons (Fsp3) is 0.148. The number of fused-ring (bicyclic) bond motifs is 1. The van der Waals surface area contributed by atoms with Gasteiger partial charge in [0.25, 0.3) is 5.91 Å². The standard InChI is InChI=1S/C27H23N3O3/c1-18(19-7-10-23(11-8-19)30-14-13-28-17-30)29-26(31)21-9-12-24-22(15-21)16-25(33-27(24)32)20-5-3-2-4-6-20/h2-15,17-18,25H,16H2,1H3,(H,29,31)/t18-,25+/m0/s1. The van der Waals surface area contributed by atoms with Gasteiger partial charge < -0.3 is 14.6 Å². The molecule has 1 amide bonds.